The second-order valence-corrected chi connectivity index (χ2v) is 5.62. The first-order valence-corrected chi connectivity index (χ1v) is 7.21. The molecule has 0 saturated carbocycles. The minimum absolute atomic E-state index is 0.120. The lowest BCUT2D eigenvalue weighted by Crippen LogP contribution is -2.02. The maximum absolute atomic E-state index is 5.90. The molecule has 2 nitrogen and oxygen atoms in total. The van der Waals surface area contributed by atoms with Crippen molar-refractivity contribution in [1.29, 1.82) is 0 Å². The Morgan fingerprint density at radius 1 is 1.11 bits per heavy atom. The molecule has 96 valence electrons. The lowest BCUT2D eigenvalue weighted by atomic mass is 10.0. The second kappa shape index (κ2) is 5.17. The van der Waals surface area contributed by atoms with Crippen molar-refractivity contribution >= 4 is 26.9 Å². The van der Waals surface area contributed by atoms with Crippen molar-refractivity contribution in [2.24, 2.45) is 0 Å². The summed E-state index contributed by atoms with van der Waals surface area (Å²) in [7, 11) is 0. The molecule has 0 spiro atoms. The maximum Gasteiger partial charge on any atom is 0.134 e. The number of nitrogens with zero attached hydrogens (tertiary/aromatic N) is 1. The zero-order valence-corrected chi connectivity index (χ0v) is 12.2. The number of para-hydroxylation sites is 1. The van der Waals surface area contributed by atoms with Gasteiger partial charge in [0.05, 0.1) is 4.83 Å². The Morgan fingerprint density at radius 3 is 2.63 bits per heavy atom. The van der Waals surface area contributed by atoms with Crippen LogP contribution in [0.25, 0.3) is 11.0 Å². The number of hydrogen-bond donors (Lipinski definition) is 0. The standard InChI is InChI=1S/C16H14BrNO/c1-11(13-7-4-5-9-18-13)16(17)15-10-12-6-2-3-8-14(12)19-15/h2-11,16H,1H3. The molecule has 2 atom stereocenters. The lowest BCUT2D eigenvalue weighted by Gasteiger charge is -2.15. The van der Waals surface area contributed by atoms with Crippen molar-refractivity contribution in [3.05, 3.63) is 66.2 Å². The Kier molecular flexibility index (Phi) is 3.38. The van der Waals surface area contributed by atoms with Gasteiger partial charge in [-0.1, -0.05) is 47.1 Å². The van der Waals surface area contributed by atoms with E-state index in [4.69, 9.17) is 4.42 Å². The van der Waals surface area contributed by atoms with Gasteiger partial charge in [-0.25, -0.2) is 0 Å². The molecule has 0 bridgehead atoms. The van der Waals surface area contributed by atoms with Crippen LogP contribution in [-0.2, 0) is 0 Å². The molecular formula is C16H14BrNO. The number of furan rings is 1. The lowest BCUT2D eigenvalue weighted by molar-refractivity contribution is 0.521. The van der Waals surface area contributed by atoms with Gasteiger partial charge in [-0.2, -0.15) is 0 Å². The molecule has 2 heterocycles. The van der Waals surface area contributed by atoms with Gasteiger partial charge < -0.3 is 4.42 Å². The predicted molar refractivity (Wildman–Crippen MR) is 80.5 cm³/mol. The number of benzene rings is 1. The third-order valence-corrected chi connectivity index (χ3v) is 4.55. The molecule has 2 unspecified atom stereocenters. The highest BCUT2D eigenvalue weighted by Crippen LogP contribution is 2.39. The topological polar surface area (TPSA) is 26.0 Å². The molecule has 3 aromatic rings. The van der Waals surface area contributed by atoms with E-state index in [-0.39, 0.29) is 10.7 Å². The summed E-state index contributed by atoms with van der Waals surface area (Å²) in [6, 6.07) is 16.1. The molecule has 19 heavy (non-hydrogen) atoms. The van der Waals surface area contributed by atoms with E-state index in [0.29, 0.717) is 0 Å². The number of fused-ring (bicyclic) bond motifs is 1. The number of pyridine rings is 1. The Morgan fingerprint density at radius 2 is 1.89 bits per heavy atom. The van der Waals surface area contributed by atoms with Gasteiger partial charge >= 0.3 is 0 Å². The summed E-state index contributed by atoms with van der Waals surface area (Å²) in [4.78, 5) is 4.53. The van der Waals surface area contributed by atoms with Crippen LogP contribution in [0.3, 0.4) is 0 Å². The smallest absolute Gasteiger partial charge is 0.134 e. The zero-order chi connectivity index (χ0) is 13.2. The molecule has 0 fully saturated rings. The molecule has 1 aromatic carbocycles. The molecule has 3 heteroatoms. The van der Waals surface area contributed by atoms with Crippen molar-refractivity contribution < 1.29 is 4.42 Å². The van der Waals surface area contributed by atoms with Crippen LogP contribution in [0.5, 0.6) is 0 Å². The number of alkyl halides is 1. The highest BCUT2D eigenvalue weighted by Gasteiger charge is 2.22. The normalized spacial score (nSPS) is 14.4. The summed E-state index contributed by atoms with van der Waals surface area (Å²) in [5.41, 5.74) is 1.99. The van der Waals surface area contributed by atoms with Crippen LogP contribution in [0.2, 0.25) is 0 Å². The molecular weight excluding hydrogens is 302 g/mol. The molecule has 3 rings (SSSR count). The van der Waals surface area contributed by atoms with Crippen molar-refractivity contribution in [2.45, 2.75) is 17.7 Å². The van der Waals surface area contributed by atoms with Crippen molar-refractivity contribution in [2.75, 3.05) is 0 Å². The van der Waals surface area contributed by atoms with E-state index in [1.54, 1.807) is 0 Å². The number of hydrogen-bond acceptors (Lipinski definition) is 2. The first kappa shape index (κ1) is 12.4. The van der Waals surface area contributed by atoms with Gasteiger partial charge in [0, 0.05) is 23.2 Å². The van der Waals surface area contributed by atoms with E-state index in [0.717, 1.165) is 22.4 Å². The van der Waals surface area contributed by atoms with Crippen LogP contribution < -0.4 is 0 Å². The van der Waals surface area contributed by atoms with Crippen LogP contribution >= 0.6 is 15.9 Å². The Hall–Kier alpha value is -1.61. The van der Waals surface area contributed by atoms with E-state index in [1.807, 2.05) is 42.6 Å². The quantitative estimate of drug-likeness (QED) is 0.631. The SMILES string of the molecule is CC(c1ccccn1)C(Br)c1cc2ccccc2o1. The average molecular weight is 316 g/mol. The minimum atomic E-state index is 0.120. The third-order valence-electron chi connectivity index (χ3n) is 3.31. The van der Waals surface area contributed by atoms with Crippen LogP contribution in [-0.4, -0.2) is 4.98 Å². The molecule has 2 aromatic heterocycles. The third kappa shape index (κ3) is 2.43. The maximum atomic E-state index is 5.90. The van der Waals surface area contributed by atoms with Crippen molar-refractivity contribution in [1.82, 2.24) is 4.98 Å². The molecule has 0 aliphatic rings. The summed E-state index contributed by atoms with van der Waals surface area (Å²) < 4.78 is 5.90. The van der Waals surface area contributed by atoms with Gasteiger partial charge in [-0.15, -0.1) is 0 Å². The Balaban J connectivity index is 1.93. The summed E-state index contributed by atoms with van der Waals surface area (Å²) in [6.45, 7) is 2.15. The van der Waals surface area contributed by atoms with E-state index >= 15 is 0 Å². The Bertz CT molecular complexity index is 644. The summed E-state index contributed by atoms with van der Waals surface area (Å²) in [5, 5.41) is 1.13. The number of aromatic nitrogens is 1. The van der Waals surface area contributed by atoms with Gasteiger partial charge in [0.25, 0.3) is 0 Å². The van der Waals surface area contributed by atoms with Crippen molar-refractivity contribution in [3.8, 4) is 0 Å². The van der Waals surface area contributed by atoms with Crippen LogP contribution in [0.4, 0.5) is 0 Å². The molecule has 0 saturated heterocycles. The highest BCUT2D eigenvalue weighted by atomic mass is 79.9. The zero-order valence-electron chi connectivity index (χ0n) is 10.6. The van der Waals surface area contributed by atoms with E-state index in [2.05, 4.69) is 40.0 Å². The number of rotatable bonds is 3. The van der Waals surface area contributed by atoms with Gasteiger partial charge in [-0.3, -0.25) is 4.98 Å². The first-order chi connectivity index (χ1) is 9.25. The van der Waals surface area contributed by atoms with Crippen molar-refractivity contribution in [3.63, 3.8) is 0 Å². The monoisotopic (exact) mass is 315 g/mol. The molecule has 0 aliphatic carbocycles. The van der Waals surface area contributed by atoms with E-state index < -0.39 is 0 Å². The molecule has 0 aliphatic heterocycles. The van der Waals surface area contributed by atoms with Crippen LogP contribution in [0.15, 0.2) is 59.1 Å². The van der Waals surface area contributed by atoms with Gasteiger partial charge in [-0.05, 0) is 24.3 Å². The van der Waals surface area contributed by atoms with E-state index in [1.165, 1.54) is 0 Å². The fourth-order valence-corrected chi connectivity index (χ4v) is 2.68. The largest absolute Gasteiger partial charge is 0.460 e. The van der Waals surface area contributed by atoms with Gasteiger partial charge in [0.15, 0.2) is 0 Å². The fraction of sp³-hybridized carbons (Fsp3) is 0.188. The fourth-order valence-electron chi connectivity index (χ4n) is 2.18. The molecule has 0 amide bonds. The van der Waals surface area contributed by atoms with Gasteiger partial charge in [0.1, 0.15) is 11.3 Å². The average Bonchev–Trinajstić information content (AvgIpc) is 2.90. The van der Waals surface area contributed by atoms with Crippen LogP contribution in [0, 0.1) is 0 Å². The Labute approximate surface area is 120 Å². The number of halogens is 1. The minimum Gasteiger partial charge on any atom is -0.460 e. The summed E-state index contributed by atoms with van der Waals surface area (Å²) in [6.07, 6.45) is 1.82. The van der Waals surface area contributed by atoms with E-state index in [9.17, 15) is 0 Å². The summed E-state index contributed by atoms with van der Waals surface area (Å²) in [5.74, 6) is 1.20. The highest BCUT2D eigenvalue weighted by molar-refractivity contribution is 9.09. The van der Waals surface area contributed by atoms with Crippen LogP contribution in [0.1, 0.15) is 29.1 Å². The van der Waals surface area contributed by atoms with Gasteiger partial charge in [0.2, 0.25) is 0 Å². The second-order valence-electron chi connectivity index (χ2n) is 4.63. The molecule has 0 radical (unpaired) electrons. The summed E-state index contributed by atoms with van der Waals surface area (Å²) >= 11 is 3.73. The molecule has 0 N–H and O–H groups in total. The first-order valence-electron chi connectivity index (χ1n) is 6.29. The predicted octanol–water partition coefficient (Wildman–Crippen LogP) is 5.07.